The van der Waals surface area contributed by atoms with E-state index in [2.05, 4.69) is 29.0 Å². The lowest BCUT2D eigenvalue weighted by atomic mass is 9.98. The number of pyridine rings is 1. The first-order valence-corrected chi connectivity index (χ1v) is 9.09. The van der Waals surface area contributed by atoms with Crippen molar-refractivity contribution in [2.75, 3.05) is 26.2 Å². The number of esters is 1. The minimum absolute atomic E-state index is 0.212. The Hall–Kier alpha value is -1.95. The Bertz CT molecular complexity index is 610. The van der Waals surface area contributed by atoms with Crippen molar-refractivity contribution in [2.45, 2.75) is 46.6 Å². The van der Waals surface area contributed by atoms with Gasteiger partial charge in [-0.15, -0.1) is 0 Å². The number of nitrogens with zero attached hydrogens (tertiary/aromatic N) is 2. The van der Waals surface area contributed by atoms with Crippen molar-refractivity contribution in [1.82, 2.24) is 15.2 Å². The molecular weight excluding hydrogens is 318 g/mol. The second kappa shape index (κ2) is 8.94. The van der Waals surface area contributed by atoms with E-state index >= 15 is 0 Å². The molecule has 1 aromatic heterocycles. The number of aromatic nitrogens is 1. The highest BCUT2D eigenvalue weighted by molar-refractivity contribution is 5.95. The summed E-state index contributed by atoms with van der Waals surface area (Å²) >= 11 is 0. The monoisotopic (exact) mass is 347 g/mol. The molecule has 0 aromatic carbocycles. The van der Waals surface area contributed by atoms with Crippen LogP contribution in [0, 0.1) is 12.8 Å². The molecule has 138 valence electrons. The Morgan fingerprint density at radius 1 is 1.36 bits per heavy atom. The molecule has 1 saturated heterocycles. The number of aryl methyl sites for hydroxylation is 1. The number of nitrogens with one attached hydrogen (secondary N) is 1. The fraction of sp³-hybridized carbons (Fsp3) is 0.632. The summed E-state index contributed by atoms with van der Waals surface area (Å²) in [4.78, 5) is 30.8. The third-order valence-corrected chi connectivity index (χ3v) is 4.81. The summed E-state index contributed by atoms with van der Waals surface area (Å²) in [6.07, 6.45) is 2.43. The molecule has 1 aliphatic rings. The highest BCUT2D eigenvalue weighted by Gasteiger charge is 2.21. The second-order valence-corrected chi connectivity index (χ2v) is 6.83. The lowest BCUT2D eigenvalue weighted by molar-refractivity contribution is 0.0524. The van der Waals surface area contributed by atoms with E-state index in [0.717, 1.165) is 19.0 Å². The van der Waals surface area contributed by atoms with Crippen LogP contribution < -0.4 is 5.32 Å². The average Bonchev–Trinajstić information content (AvgIpc) is 2.60. The van der Waals surface area contributed by atoms with Crippen molar-refractivity contribution in [2.24, 2.45) is 5.92 Å². The van der Waals surface area contributed by atoms with Crippen LogP contribution in [0.5, 0.6) is 0 Å². The lowest BCUT2D eigenvalue weighted by Gasteiger charge is -2.34. The quantitative estimate of drug-likeness (QED) is 0.800. The zero-order valence-corrected chi connectivity index (χ0v) is 15.7. The zero-order chi connectivity index (χ0) is 18.4. The summed E-state index contributed by atoms with van der Waals surface area (Å²) in [6, 6.07) is 3.48. The van der Waals surface area contributed by atoms with Crippen LogP contribution in [0.2, 0.25) is 0 Å². The van der Waals surface area contributed by atoms with Gasteiger partial charge in [0.25, 0.3) is 5.91 Å². The predicted octanol–water partition coefficient (Wildman–Crippen LogP) is 2.42. The largest absolute Gasteiger partial charge is 0.462 e. The van der Waals surface area contributed by atoms with Crippen LogP contribution in [0.4, 0.5) is 0 Å². The molecule has 0 bridgehead atoms. The molecule has 1 aromatic rings. The van der Waals surface area contributed by atoms with Crippen molar-refractivity contribution in [1.29, 1.82) is 0 Å². The number of ether oxygens (including phenoxy) is 1. The number of likely N-dealkylation sites (tertiary alicyclic amines) is 1. The van der Waals surface area contributed by atoms with Crippen molar-refractivity contribution in [3.63, 3.8) is 0 Å². The first-order valence-electron chi connectivity index (χ1n) is 9.09. The molecule has 1 aliphatic heterocycles. The first-order chi connectivity index (χ1) is 11.9. The van der Waals surface area contributed by atoms with Crippen LogP contribution in [0.3, 0.4) is 0 Å². The van der Waals surface area contributed by atoms with Crippen LogP contribution in [0.1, 0.15) is 60.2 Å². The number of carbonyl (C=O) groups excluding carboxylic acids is 2. The van der Waals surface area contributed by atoms with E-state index in [0.29, 0.717) is 36.1 Å². The number of rotatable bonds is 6. The lowest BCUT2D eigenvalue weighted by Crippen LogP contribution is -2.45. The highest BCUT2D eigenvalue weighted by Crippen LogP contribution is 2.17. The molecule has 0 radical (unpaired) electrons. The van der Waals surface area contributed by atoms with Crippen molar-refractivity contribution in [3.8, 4) is 0 Å². The van der Waals surface area contributed by atoms with Gasteiger partial charge >= 0.3 is 5.97 Å². The second-order valence-electron chi connectivity index (χ2n) is 6.83. The number of amides is 1. The maximum Gasteiger partial charge on any atom is 0.339 e. The zero-order valence-electron chi connectivity index (χ0n) is 15.7. The molecule has 2 heterocycles. The van der Waals surface area contributed by atoms with E-state index in [1.54, 1.807) is 26.0 Å². The van der Waals surface area contributed by atoms with Crippen molar-refractivity contribution < 1.29 is 14.3 Å². The third-order valence-electron chi connectivity index (χ3n) is 4.81. The fourth-order valence-electron chi connectivity index (χ4n) is 3.04. The maximum absolute atomic E-state index is 12.3. The Kier molecular flexibility index (Phi) is 6.93. The molecule has 2 rings (SSSR count). The summed E-state index contributed by atoms with van der Waals surface area (Å²) in [5, 5.41) is 2.95. The normalized spacial score (nSPS) is 17.1. The summed E-state index contributed by atoms with van der Waals surface area (Å²) in [5.41, 5.74) is 1.23. The van der Waals surface area contributed by atoms with Gasteiger partial charge in [0.05, 0.1) is 17.9 Å². The van der Waals surface area contributed by atoms with Gasteiger partial charge in [0.15, 0.2) is 0 Å². The van der Waals surface area contributed by atoms with E-state index in [4.69, 9.17) is 4.74 Å². The molecule has 0 spiro atoms. The van der Waals surface area contributed by atoms with Crippen LogP contribution in [-0.2, 0) is 4.74 Å². The Balaban J connectivity index is 1.90. The fourth-order valence-corrected chi connectivity index (χ4v) is 3.04. The number of carbonyl (C=O) groups is 2. The Morgan fingerprint density at radius 2 is 2.04 bits per heavy atom. The average molecular weight is 347 g/mol. The van der Waals surface area contributed by atoms with Gasteiger partial charge in [-0.25, -0.2) is 9.78 Å². The maximum atomic E-state index is 12.3. The standard InChI is InChI=1S/C19H29N3O3/c1-5-25-19(24)16-6-7-17(21-15(16)4)18(23)20-12-14(3)22-10-8-13(2)9-11-22/h6-7,13-14H,5,8-12H2,1-4H3,(H,20,23). The number of hydrogen-bond acceptors (Lipinski definition) is 5. The van der Waals surface area contributed by atoms with Crippen LogP contribution >= 0.6 is 0 Å². The molecule has 1 atom stereocenters. The van der Waals surface area contributed by atoms with Gasteiger partial charge in [-0.3, -0.25) is 9.69 Å². The minimum atomic E-state index is -0.410. The van der Waals surface area contributed by atoms with Gasteiger partial charge in [-0.2, -0.15) is 0 Å². The van der Waals surface area contributed by atoms with Gasteiger partial charge in [-0.1, -0.05) is 6.92 Å². The van der Waals surface area contributed by atoms with Gasteiger partial charge in [-0.05, 0) is 64.8 Å². The molecule has 1 N–H and O–H groups in total. The molecule has 6 nitrogen and oxygen atoms in total. The molecule has 1 amide bonds. The third kappa shape index (κ3) is 5.26. The molecule has 25 heavy (non-hydrogen) atoms. The summed E-state index contributed by atoms with van der Waals surface area (Å²) in [5.74, 6) is 0.172. The smallest absolute Gasteiger partial charge is 0.339 e. The highest BCUT2D eigenvalue weighted by atomic mass is 16.5. The molecule has 0 saturated carbocycles. The molecule has 1 unspecified atom stereocenters. The molecular formula is C19H29N3O3. The molecule has 0 aliphatic carbocycles. The topological polar surface area (TPSA) is 71.5 Å². The predicted molar refractivity (Wildman–Crippen MR) is 96.7 cm³/mol. The van der Waals surface area contributed by atoms with Gasteiger partial charge in [0, 0.05) is 12.6 Å². The Morgan fingerprint density at radius 3 is 2.64 bits per heavy atom. The van der Waals surface area contributed by atoms with E-state index < -0.39 is 5.97 Å². The van der Waals surface area contributed by atoms with E-state index in [1.807, 2.05) is 0 Å². The van der Waals surface area contributed by atoms with Gasteiger partial charge in [0.2, 0.25) is 0 Å². The van der Waals surface area contributed by atoms with Crippen molar-refractivity contribution >= 4 is 11.9 Å². The number of piperidine rings is 1. The van der Waals surface area contributed by atoms with Gasteiger partial charge in [0.1, 0.15) is 5.69 Å². The SMILES string of the molecule is CCOC(=O)c1ccc(C(=O)NCC(C)N2CCC(C)CC2)nc1C. The van der Waals surface area contributed by atoms with E-state index in [9.17, 15) is 9.59 Å². The Labute approximate surface area is 150 Å². The summed E-state index contributed by atoms with van der Waals surface area (Å²) in [6.45, 7) is 11.0. The van der Waals surface area contributed by atoms with Crippen LogP contribution in [0.15, 0.2) is 12.1 Å². The molecule has 1 fully saturated rings. The van der Waals surface area contributed by atoms with Crippen LogP contribution in [-0.4, -0.2) is 54.0 Å². The van der Waals surface area contributed by atoms with Crippen molar-refractivity contribution in [3.05, 3.63) is 29.1 Å². The minimum Gasteiger partial charge on any atom is -0.462 e. The van der Waals surface area contributed by atoms with E-state index in [1.165, 1.54) is 12.8 Å². The van der Waals surface area contributed by atoms with Crippen LogP contribution in [0.25, 0.3) is 0 Å². The molecule has 6 heteroatoms. The first kappa shape index (κ1) is 19.4. The summed E-state index contributed by atoms with van der Waals surface area (Å²) < 4.78 is 4.98. The summed E-state index contributed by atoms with van der Waals surface area (Å²) in [7, 11) is 0. The van der Waals surface area contributed by atoms with E-state index in [-0.39, 0.29) is 5.91 Å². The number of hydrogen-bond donors (Lipinski definition) is 1. The van der Waals surface area contributed by atoms with Gasteiger partial charge < -0.3 is 10.1 Å².